The van der Waals surface area contributed by atoms with Crippen molar-refractivity contribution in [2.45, 2.75) is 51.7 Å². The Hall–Kier alpha value is -1.10. The van der Waals surface area contributed by atoms with Gasteiger partial charge in [-0.2, -0.15) is 0 Å². The molecular formula is C14H26N2O3. The largest absolute Gasteiger partial charge is 0.460 e. The predicted molar refractivity (Wildman–Crippen MR) is 73.8 cm³/mol. The zero-order chi connectivity index (χ0) is 14.6. The number of rotatable bonds is 4. The van der Waals surface area contributed by atoms with Crippen LogP contribution in [0.2, 0.25) is 0 Å². The summed E-state index contributed by atoms with van der Waals surface area (Å²) >= 11 is 0. The monoisotopic (exact) mass is 270 g/mol. The van der Waals surface area contributed by atoms with Crippen molar-refractivity contribution in [3.8, 4) is 0 Å². The van der Waals surface area contributed by atoms with Gasteiger partial charge in [-0.1, -0.05) is 0 Å². The fourth-order valence-electron chi connectivity index (χ4n) is 2.15. The zero-order valence-corrected chi connectivity index (χ0v) is 12.7. The van der Waals surface area contributed by atoms with Gasteiger partial charge in [0.25, 0.3) is 0 Å². The van der Waals surface area contributed by atoms with E-state index in [-0.39, 0.29) is 24.7 Å². The number of ether oxygens (including phenoxy) is 1. The van der Waals surface area contributed by atoms with Crippen LogP contribution in [0.15, 0.2) is 0 Å². The van der Waals surface area contributed by atoms with Gasteiger partial charge in [0.1, 0.15) is 5.60 Å². The molecular weight excluding hydrogens is 244 g/mol. The molecule has 1 rings (SSSR count). The molecule has 5 nitrogen and oxygen atoms in total. The molecule has 1 amide bonds. The maximum atomic E-state index is 12.0. The van der Waals surface area contributed by atoms with Gasteiger partial charge in [-0.3, -0.25) is 9.59 Å². The van der Waals surface area contributed by atoms with Crippen molar-refractivity contribution in [1.82, 2.24) is 9.80 Å². The number of hydrogen-bond acceptors (Lipinski definition) is 4. The third kappa shape index (κ3) is 5.59. The van der Waals surface area contributed by atoms with E-state index in [9.17, 15) is 9.59 Å². The van der Waals surface area contributed by atoms with Crippen LogP contribution in [0.4, 0.5) is 0 Å². The minimum absolute atomic E-state index is 0.0511. The summed E-state index contributed by atoms with van der Waals surface area (Å²) in [6.45, 7) is 7.04. The van der Waals surface area contributed by atoms with Crippen LogP contribution in [0.3, 0.4) is 0 Å². The number of hydrogen-bond donors (Lipinski definition) is 0. The molecule has 0 N–H and O–H groups in total. The van der Waals surface area contributed by atoms with Crippen LogP contribution < -0.4 is 0 Å². The Balaban J connectivity index is 2.31. The van der Waals surface area contributed by atoms with Gasteiger partial charge in [-0.05, 0) is 41.3 Å². The number of esters is 1. The molecule has 1 unspecified atom stereocenters. The molecule has 5 heteroatoms. The Morgan fingerprint density at radius 3 is 2.37 bits per heavy atom. The molecule has 0 aromatic rings. The summed E-state index contributed by atoms with van der Waals surface area (Å²) in [5.74, 6) is -0.251. The van der Waals surface area contributed by atoms with Crippen LogP contribution in [-0.4, -0.2) is 60.5 Å². The molecule has 0 spiro atoms. The summed E-state index contributed by atoms with van der Waals surface area (Å²) in [6.07, 6.45) is 1.42. The van der Waals surface area contributed by atoms with Crippen molar-refractivity contribution in [1.29, 1.82) is 0 Å². The summed E-state index contributed by atoms with van der Waals surface area (Å²) in [5, 5.41) is 0. The van der Waals surface area contributed by atoms with E-state index < -0.39 is 5.60 Å². The van der Waals surface area contributed by atoms with Crippen molar-refractivity contribution in [3.63, 3.8) is 0 Å². The van der Waals surface area contributed by atoms with Gasteiger partial charge in [-0.25, -0.2) is 0 Å². The van der Waals surface area contributed by atoms with E-state index >= 15 is 0 Å². The number of likely N-dealkylation sites (N-methyl/N-ethyl adjacent to an activating group) is 1. The molecule has 110 valence electrons. The fourth-order valence-corrected chi connectivity index (χ4v) is 2.15. The maximum Gasteiger partial charge on any atom is 0.306 e. The maximum absolute atomic E-state index is 12.0. The first kappa shape index (κ1) is 16.0. The molecule has 1 atom stereocenters. The highest BCUT2D eigenvalue weighted by Crippen LogP contribution is 2.15. The smallest absolute Gasteiger partial charge is 0.306 e. The second-order valence-corrected chi connectivity index (χ2v) is 6.33. The molecule has 0 aromatic heterocycles. The summed E-state index contributed by atoms with van der Waals surface area (Å²) < 4.78 is 5.19. The SMILES string of the molecule is CN(C)C1CCN(C(=O)CCC(=O)OC(C)(C)C)C1. The van der Waals surface area contributed by atoms with Crippen molar-refractivity contribution in [2.24, 2.45) is 0 Å². The number of nitrogens with zero attached hydrogens (tertiary/aromatic N) is 2. The molecule has 0 bridgehead atoms. The van der Waals surface area contributed by atoms with E-state index in [1.807, 2.05) is 39.8 Å². The number of carbonyl (C=O) groups excluding carboxylic acids is 2. The Morgan fingerprint density at radius 2 is 1.89 bits per heavy atom. The van der Waals surface area contributed by atoms with Gasteiger partial charge in [0.05, 0.1) is 6.42 Å². The highest BCUT2D eigenvalue weighted by atomic mass is 16.6. The van der Waals surface area contributed by atoms with Gasteiger partial charge in [0, 0.05) is 25.6 Å². The number of carbonyl (C=O) groups is 2. The Kier molecular flexibility index (Phi) is 5.35. The summed E-state index contributed by atoms with van der Waals surface area (Å²) in [6, 6.07) is 0.436. The van der Waals surface area contributed by atoms with Crippen LogP contribution in [0, 0.1) is 0 Å². The van der Waals surface area contributed by atoms with Gasteiger partial charge < -0.3 is 14.5 Å². The summed E-state index contributed by atoms with van der Waals surface area (Å²) in [4.78, 5) is 27.5. The van der Waals surface area contributed by atoms with Gasteiger partial charge in [0.15, 0.2) is 0 Å². The van der Waals surface area contributed by atoms with Crippen molar-refractivity contribution in [2.75, 3.05) is 27.2 Å². The first-order chi connectivity index (χ1) is 8.69. The standard InChI is InChI=1S/C14H26N2O3/c1-14(2,3)19-13(18)7-6-12(17)16-9-8-11(10-16)15(4)5/h11H,6-10H2,1-5H3. The van der Waals surface area contributed by atoms with E-state index in [0.717, 1.165) is 19.5 Å². The summed E-state index contributed by atoms with van der Waals surface area (Å²) in [7, 11) is 4.05. The quantitative estimate of drug-likeness (QED) is 0.722. The van der Waals surface area contributed by atoms with Crippen LogP contribution >= 0.6 is 0 Å². The number of likely N-dealkylation sites (tertiary alicyclic amines) is 1. The number of amides is 1. The van der Waals surface area contributed by atoms with Gasteiger partial charge in [-0.15, -0.1) is 0 Å². The summed E-state index contributed by atoms with van der Waals surface area (Å²) in [5.41, 5.74) is -0.482. The van der Waals surface area contributed by atoms with E-state index in [1.165, 1.54) is 0 Å². The molecule has 0 aliphatic carbocycles. The minimum atomic E-state index is -0.482. The van der Waals surface area contributed by atoms with Crippen LogP contribution in [0.5, 0.6) is 0 Å². The lowest BCUT2D eigenvalue weighted by molar-refractivity contribution is -0.156. The Morgan fingerprint density at radius 1 is 1.26 bits per heavy atom. The highest BCUT2D eigenvalue weighted by Gasteiger charge is 2.27. The second-order valence-electron chi connectivity index (χ2n) is 6.33. The average Bonchev–Trinajstić information content (AvgIpc) is 2.72. The van der Waals surface area contributed by atoms with Crippen LogP contribution in [0.25, 0.3) is 0 Å². The third-order valence-electron chi connectivity index (χ3n) is 3.21. The Bertz CT molecular complexity index is 334. The molecule has 1 saturated heterocycles. The van der Waals surface area contributed by atoms with E-state index in [1.54, 1.807) is 0 Å². The van der Waals surface area contributed by atoms with E-state index in [0.29, 0.717) is 6.04 Å². The lowest BCUT2D eigenvalue weighted by atomic mass is 10.2. The average molecular weight is 270 g/mol. The van der Waals surface area contributed by atoms with Gasteiger partial charge >= 0.3 is 5.97 Å². The molecule has 1 fully saturated rings. The fraction of sp³-hybridized carbons (Fsp3) is 0.857. The molecule has 0 aromatic carbocycles. The van der Waals surface area contributed by atoms with Crippen molar-refractivity contribution >= 4 is 11.9 Å². The first-order valence-electron chi connectivity index (χ1n) is 6.85. The predicted octanol–water partition coefficient (Wildman–Crippen LogP) is 1.27. The van der Waals surface area contributed by atoms with Gasteiger partial charge in [0.2, 0.25) is 5.91 Å². The third-order valence-corrected chi connectivity index (χ3v) is 3.21. The molecule has 19 heavy (non-hydrogen) atoms. The molecule has 0 saturated carbocycles. The molecule has 1 heterocycles. The minimum Gasteiger partial charge on any atom is -0.460 e. The topological polar surface area (TPSA) is 49.9 Å². The highest BCUT2D eigenvalue weighted by molar-refractivity contribution is 5.81. The molecule has 1 aliphatic rings. The van der Waals surface area contributed by atoms with E-state index in [2.05, 4.69) is 4.90 Å². The van der Waals surface area contributed by atoms with Crippen molar-refractivity contribution in [3.05, 3.63) is 0 Å². The second kappa shape index (κ2) is 6.37. The lowest BCUT2D eigenvalue weighted by Crippen LogP contribution is -2.34. The van der Waals surface area contributed by atoms with E-state index in [4.69, 9.17) is 4.74 Å². The Labute approximate surface area is 115 Å². The molecule has 1 aliphatic heterocycles. The van der Waals surface area contributed by atoms with Crippen molar-refractivity contribution < 1.29 is 14.3 Å². The lowest BCUT2D eigenvalue weighted by Gasteiger charge is -2.21. The molecule has 0 radical (unpaired) electrons. The normalized spacial score (nSPS) is 19.9. The zero-order valence-electron chi connectivity index (χ0n) is 12.7. The van der Waals surface area contributed by atoms with Crippen LogP contribution in [-0.2, 0) is 14.3 Å². The first-order valence-corrected chi connectivity index (χ1v) is 6.85. The van der Waals surface area contributed by atoms with Crippen LogP contribution in [0.1, 0.15) is 40.0 Å².